The second-order valence-electron chi connectivity index (χ2n) is 5.45. The van der Waals surface area contributed by atoms with Crippen LogP contribution in [0.15, 0.2) is 28.9 Å². The number of ether oxygens (including phenoxy) is 1. The number of piperazine rings is 1. The minimum absolute atomic E-state index is 0.153. The van der Waals surface area contributed by atoms with Gasteiger partial charge in [0, 0.05) is 32.2 Å². The van der Waals surface area contributed by atoms with Gasteiger partial charge in [-0.2, -0.15) is 5.10 Å². The normalized spacial score (nSPS) is 14.4. The molecule has 1 aliphatic heterocycles. The van der Waals surface area contributed by atoms with Crippen molar-refractivity contribution in [1.29, 1.82) is 0 Å². The molecule has 0 aliphatic carbocycles. The van der Waals surface area contributed by atoms with E-state index in [1.165, 1.54) is 11.2 Å². The molecule has 0 spiro atoms. The quantitative estimate of drug-likeness (QED) is 0.641. The van der Waals surface area contributed by atoms with E-state index in [2.05, 4.69) is 10.2 Å². The molecule has 3 rings (SSSR count). The summed E-state index contributed by atoms with van der Waals surface area (Å²) >= 11 is 0. The standard InChI is InChI=1S/C16H18N4O5/c1-2-24-16(23)15(22)20-7-5-19(6-8-20)14(21)12-10-11(17-18-12)13-4-3-9-25-13/h3-4,9-10H,2,5-8H2,1H3,(H,17,18). The number of nitrogens with one attached hydrogen (secondary N) is 1. The summed E-state index contributed by atoms with van der Waals surface area (Å²) in [6, 6.07) is 5.14. The molecule has 9 nitrogen and oxygen atoms in total. The van der Waals surface area contributed by atoms with Crippen molar-refractivity contribution in [3.63, 3.8) is 0 Å². The summed E-state index contributed by atoms with van der Waals surface area (Å²) in [5.74, 6) is -1.18. The number of amides is 2. The molecule has 1 saturated heterocycles. The Balaban J connectivity index is 1.58. The van der Waals surface area contributed by atoms with Crippen LogP contribution in [0.3, 0.4) is 0 Å². The maximum absolute atomic E-state index is 12.5. The third-order valence-electron chi connectivity index (χ3n) is 3.89. The molecular weight excluding hydrogens is 328 g/mol. The van der Waals surface area contributed by atoms with Gasteiger partial charge in [-0.05, 0) is 19.1 Å². The van der Waals surface area contributed by atoms with Gasteiger partial charge in [-0.25, -0.2) is 4.79 Å². The van der Waals surface area contributed by atoms with Crippen molar-refractivity contribution in [1.82, 2.24) is 20.0 Å². The summed E-state index contributed by atoms with van der Waals surface area (Å²) in [5.41, 5.74) is 0.890. The molecule has 2 aromatic rings. The van der Waals surface area contributed by atoms with Crippen molar-refractivity contribution in [3.8, 4) is 11.5 Å². The first kappa shape index (κ1) is 16.7. The van der Waals surface area contributed by atoms with E-state index in [-0.39, 0.29) is 31.3 Å². The highest BCUT2D eigenvalue weighted by Crippen LogP contribution is 2.19. The van der Waals surface area contributed by atoms with E-state index < -0.39 is 11.9 Å². The fraction of sp³-hybridized carbons (Fsp3) is 0.375. The fourth-order valence-corrected chi connectivity index (χ4v) is 2.59. The third-order valence-corrected chi connectivity index (χ3v) is 3.89. The number of nitrogens with zero attached hydrogens (tertiary/aromatic N) is 3. The maximum Gasteiger partial charge on any atom is 0.397 e. The van der Waals surface area contributed by atoms with E-state index in [1.807, 2.05) is 0 Å². The molecule has 1 fully saturated rings. The Morgan fingerprint density at radius 1 is 1.24 bits per heavy atom. The first-order valence-corrected chi connectivity index (χ1v) is 7.94. The first-order valence-electron chi connectivity index (χ1n) is 7.94. The predicted molar refractivity (Wildman–Crippen MR) is 85.4 cm³/mol. The number of carbonyl (C=O) groups excluding carboxylic acids is 3. The highest BCUT2D eigenvalue weighted by Gasteiger charge is 2.29. The van der Waals surface area contributed by atoms with Crippen LogP contribution in [0.4, 0.5) is 0 Å². The summed E-state index contributed by atoms with van der Waals surface area (Å²) in [7, 11) is 0. The summed E-state index contributed by atoms with van der Waals surface area (Å²) in [5, 5.41) is 6.79. The van der Waals surface area contributed by atoms with Crippen LogP contribution in [0.5, 0.6) is 0 Å². The monoisotopic (exact) mass is 346 g/mol. The van der Waals surface area contributed by atoms with Crippen molar-refractivity contribution >= 4 is 17.8 Å². The van der Waals surface area contributed by atoms with Crippen LogP contribution in [-0.2, 0) is 14.3 Å². The lowest BCUT2D eigenvalue weighted by atomic mass is 10.2. The summed E-state index contributed by atoms with van der Waals surface area (Å²) in [4.78, 5) is 38.9. The molecule has 132 valence electrons. The van der Waals surface area contributed by atoms with Crippen molar-refractivity contribution in [2.75, 3.05) is 32.8 Å². The van der Waals surface area contributed by atoms with E-state index in [0.717, 1.165) is 0 Å². The molecule has 0 atom stereocenters. The molecule has 1 N–H and O–H groups in total. The Kier molecular flexibility index (Phi) is 4.82. The van der Waals surface area contributed by atoms with Gasteiger partial charge in [-0.15, -0.1) is 0 Å². The van der Waals surface area contributed by atoms with Gasteiger partial charge in [0.15, 0.2) is 11.5 Å². The van der Waals surface area contributed by atoms with Gasteiger partial charge in [-0.1, -0.05) is 0 Å². The lowest BCUT2D eigenvalue weighted by molar-refractivity contribution is -0.160. The average molecular weight is 346 g/mol. The number of H-pyrrole nitrogens is 1. The molecule has 0 radical (unpaired) electrons. The molecule has 0 saturated carbocycles. The van der Waals surface area contributed by atoms with Crippen LogP contribution in [0.1, 0.15) is 17.4 Å². The summed E-state index contributed by atoms with van der Waals surface area (Å²) in [6.45, 7) is 3.00. The van der Waals surface area contributed by atoms with Gasteiger partial charge in [0.1, 0.15) is 5.69 Å². The van der Waals surface area contributed by atoms with Gasteiger partial charge in [0.2, 0.25) is 0 Å². The van der Waals surface area contributed by atoms with Gasteiger partial charge < -0.3 is 19.0 Å². The zero-order valence-corrected chi connectivity index (χ0v) is 13.7. The number of aromatic nitrogens is 2. The molecule has 3 heterocycles. The smallest absolute Gasteiger partial charge is 0.397 e. The third kappa shape index (κ3) is 3.54. The van der Waals surface area contributed by atoms with E-state index in [9.17, 15) is 14.4 Å². The summed E-state index contributed by atoms with van der Waals surface area (Å²) in [6.07, 6.45) is 1.54. The van der Waals surface area contributed by atoms with Crippen molar-refractivity contribution in [2.24, 2.45) is 0 Å². The first-order chi connectivity index (χ1) is 12.1. The van der Waals surface area contributed by atoms with Gasteiger partial charge in [0.25, 0.3) is 5.91 Å². The Morgan fingerprint density at radius 2 is 1.96 bits per heavy atom. The molecule has 0 bridgehead atoms. The van der Waals surface area contributed by atoms with E-state index in [0.29, 0.717) is 24.5 Å². The summed E-state index contributed by atoms with van der Waals surface area (Å²) < 4.78 is 9.96. The number of hydrogen-bond acceptors (Lipinski definition) is 6. The largest absolute Gasteiger partial charge is 0.463 e. The van der Waals surface area contributed by atoms with E-state index >= 15 is 0 Å². The van der Waals surface area contributed by atoms with Crippen LogP contribution in [-0.4, -0.2) is 70.6 Å². The Labute approximate surface area is 143 Å². The van der Waals surface area contributed by atoms with Crippen LogP contribution >= 0.6 is 0 Å². The van der Waals surface area contributed by atoms with Gasteiger partial charge >= 0.3 is 11.9 Å². The Hall–Kier alpha value is -3.10. The van der Waals surface area contributed by atoms with Crippen molar-refractivity contribution in [3.05, 3.63) is 30.2 Å². The number of carbonyl (C=O) groups is 3. The number of furan rings is 1. The SMILES string of the molecule is CCOC(=O)C(=O)N1CCN(C(=O)c2cc(-c3ccco3)[nH]n2)CC1. The second-order valence-corrected chi connectivity index (χ2v) is 5.45. The van der Waals surface area contributed by atoms with E-state index in [4.69, 9.17) is 9.15 Å². The lowest BCUT2D eigenvalue weighted by Crippen LogP contribution is -2.52. The second kappa shape index (κ2) is 7.20. The minimum atomic E-state index is -0.863. The van der Waals surface area contributed by atoms with Crippen LogP contribution in [0.25, 0.3) is 11.5 Å². The molecule has 25 heavy (non-hydrogen) atoms. The highest BCUT2D eigenvalue weighted by molar-refractivity contribution is 6.32. The predicted octanol–water partition coefficient (Wildman–Crippen LogP) is 0.517. The fourth-order valence-electron chi connectivity index (χ4n) is 2.59. The lowest BCUT2D eigenvalue weighted by Gasteiger charge is -2.33. The van der Waals surface area contributed by atoms with Crippen molar-refractivity contribution < 1.29 is 23.5 Å². The van der Waals surface area contributed by atoms with E-state index in [1.54, 1.807) is 30.0 Å². The molecule has 1 aliphatic rings. The Morgan fingerprint density at radius 3 is 2.60 bits per heavy atom. The van der Waals surface area contributed by atoms with Crippen LogP contribution in [0, 0.1) is 0 Å². The van der Waals surface area contributed by atoms with Crippen molar-refractivity contribution in [2.45, 2.75) is 6.92 Å². The molecular formula is C16H18N4O5. The molecule has 0 aromatic carbocycles. The molecule has 9 heteroatoms. The minimum Gasteiger partial charge on any atom is -0.463 e. The number of esters is 1. The van der Waals surface area contributed by atoms with Gasteiger partial charge in [0.05, 0.1) is 12.9 Å². The average Bonchev–Trinajstić information content (AvgIpc) is 3.32. The zero-order chi connectivity index (χ0) is 17.8. The number of aromatic amines is 1. The maximum atomic E-state index is 12.5. The highest BCUT2D eigenvalue weighted by atomic mass is 16.5. The zero-order valence-electron chi connectivity index (χ0n) is 13.7. The molecule has 2 amide bonds. The molecule has 2 aromatic heterocycles. The Bertz CT molecular complexity index is 759. The topological polar surface area (TPSA) is 109 Å². The van der Waals surface area contributed by atoms with Gasteiger partial charge in [-0.3, -0.25) is 14.7 Å². The van der Waals surface area contributed by atoms with Crippen LogP contribution in [0.2, 0.25) is 0 Å². The number of rotatable bonds is 3. The molecule has 0 unspecified atom stereocenters. The number of hydrogen-bond donors (Lipinski definition) is 1. The van der Waals surface area contributed by atoms with Crippen LogP contribution < -0.4 is 0 Å².